The maximum Gasteiger partial charge on any atom is 0.251 e. The maximum absolute atomic E-state index is 12.3. The van der Waals surface area contributed by atoms with Crippen LogP contribution in [-0.4, -0.2) is 17.2 Å². The highest BCUT2D eigenvalue weighted by atomic mass is 16.2. The summed E-state index contributed by atoms with van der Waals surface area (Å²) in [6.07, 6.45) is 4.59. The minimum Gasteiger partial charge on any atom is -0.347 e. The lowest BCUT2D eigenvalue weighted by molar-refractivity contribution is -0.118. The first-order chi connectivity index (χ1) is 9.87. The van der Waals surface area contributed by atoms with Gasteiger partial charge in [0, 0.05) is 23.1 Å². The Morgan fingerprint density at radius 2 is 1.81 bits per heavy atom. The second-order valence-electron chi connectivity index (χ2n) is 6.25. The fourth-order valence-electron chi connectivity index (χ4n) is 2.22. The summed E-state index contributed by atoms with van der Waals surface area (Å²) in [5, 5.41) is 2.94. The first kappa shape index (κ1) is 15.2. The largest absolute Gasteiger partial charge is 0.347 e. The van der Waals surface area contributed by atoms with Crippen LogP contribution in [0.1, 0.15) is 39.2 Å². The van der Waals surface area contributed by atoms with Crippen molar-refractivity contribution in [3.8, 4) is 0 Å². The molecule has 0 unspecified atom stereocenters. The Morgan fingerprint density at radius 3 is 2.43 bits per heavy atom. The van der Waals surface area contributed by atoms with E-state index in [0.717, 1.165) is 5.56 Å². The van der Waals surface area contributed by atoms with Crippen LogP contribution in [0.3, 0.4) is 0 Å². The van der Waals surface area contributed by atoms with Crippen molar-refractivity contribution in [3.05, 3.63) is 53.6 Å². The quantitative estimate of drug-likeness (QED) is 0.905. The fraction of sp³-hybridized carbons (Fsp3) is 0.333. The van der Waals surface area contributed by atoms with Gasteiger partial charge in [-0.25, -0.2) is 0 Å². The number of amides is 1. The van der Waals surface area contributed by atoms with Gasteiger partial charge in [-0.05, 0) is 38.8 Å². The molecule has 1 aromatic rings. The Labute approximate surface area is 125 Å². The lowest BCUT2D eigenvalue weighted by Gasteiger charge is -2.20. The molecule has 0 spiro atoms. The van der Waals surface area contributed by atoms with Crippen molar-refractivity contribution < 1.29 is 9.59 Å². The molecule has 0 bridgehead atoms. The number of benzene rings is 1. The normalized spacial score (nSPS) is 15.9. The number of carbonyl (C=O) groups excluding carboxylic acids is 2. The van der Waals surface area contributed by atoms with Crippen molar-refractivity contribution in [1.82, 2.24) is 5.32 Å². The van der Waals surface area contributed by atoms with Crippen molar-refractivity contribution in [1.29, 1.82) is 0 Å². The Morgan fingerprint density at radius 1 is 1.14 bits per heavy atom. The molecule has 21 heavy (non-hydrogen) atoms. The maximum atomic E-state index is 12.3. The Bertz CT molecular complexity index is 604. The molecule has 1 N–H and O–H groups in total. The van der Waals surface area contributed by atoms with Gasteiger partial charge in [0.15, 0.2) is 5.78 Å². The van der Waals surface area contributed by atoms with Crippen LogP contribution in [0.5, 0.6) is 0 Å². The van der Waals surface area contributed by atoms with E-state index in [1.807, 2.05) is 57.2 Å². The number of hydrogen-bond acceptors (Lipinski definition) is 2. The molecular formula is C18H21NO2. The highest BCUT2D eigenvalue weighted by molar-refractivity contribution is 6.23. The summed E-state index contributed by atoms with van der Waals surface area (Å²) in [6.45, 7) is 5.82. The van der Waals surface area contributed by atoms with Gasteiger partial charge in [0.25, 0.3) is 5.91 Å². The van der Waals surface area contributed by atoms with Crippen molar-refractivity contribution >= 4 is 17.3 Å². The zero-order valence-corrected chi connectivity index (χ0v) is 12.8. The Balaban J connectivity index is 2.34. The van der Waals surface area contributed by atoms with Crippen molar-refractivity contribution in [2.75, 3.05) is 0 Å². The zero-order valence-electron chi connectivity index (χ0n) is 12.8. The summed E-state index contributed by atoms with van der Waals surface area (Å²) < 4.78 is 0. The van der Waals surface area contributed by atoms with Crippen molar-refractivity contribution in [2.24, 2.45) is 0 Å². The SMILES string of the molecule is CC(C)(C)NC(=O)C1=CCCC(=O)C(c2ccccc2)=C1. The molecule has 0 atom stereocenters. The molecule has 0 heterocycles. The van der Waals surface area contributed by atoms with E-state index < -0.39 is 0 Å². The molecule has 0 aliphatic heterocycles. The van der Waals surface area contributed by atoms with Crippen LogP contribution < -0.4 is 5.32 Å². The fourth-order valence-corrected chi connectivity index (χ4v) is 2.22. The van der Waals surface area contributed by atoms with Gasteiger partial charge in [-0.2, -0.15) is 0 Å². The highest BCUT2D eigenvalue weighted by Gasteiger charge is 2.20. The molecule has 0 saturated heterocycles. The van der Waals surface area contributed by atoms with E-state index in [2.05, 4.69) is 5.32 Å². The van der Waals surface area contributed by atoms with Gasteiger partial charge in [-0.1, -0.05) is 36.4 Å². The minimum absolute atomic E-state index is 0.0796. The average Bonchev–Trinajstić information content (AvgIpc) is 2.60. The lowest BCUT2D eigenvalue weighted by Crippen LogP contribution is -2.41. The van der Waals surface area contributed by atoms with E-state index in [9.17, 15) is 9.59 Å². The zero-order chi connectivity index (χ0) is 15.5. The molecule has 1 aliphatic rings. The summed E-state index contributed by atoms with van der Waals surface area (Å²) in [6, 6.07) is 9.50. The molecule has 0 aromatic heterocycles. The van der Waals surface area contributed by atoms with E-state index >= 15 is 0 Å². The monoisotopic (exact) mass is 283 g/mol. The molecule has 0 saturated carbocycles. The predicted octanol–water partition coefficient (Wildman–Crippen LogP) is 3.27. The third-order valence-electron chi connectivity index (χ3n) is 3.17. The predicted molar refractivity (Wildman–Crippen MR) is 84.6 cm³/mol. The third kappa shape index (κ3) is 4.15. The van der Waals surface area contributed by atoms with Crippen LogP contribution in [-0.2, 0) is 9.59 Å². The van der Waals surface area contributed by atoms with Crippen LogP contribution >= 0.6 is 0 Å². The second-order valence-corrected chi connectivity index (χ2v) is 6.25. The summed E-state index contributed by atoms with van der Waals surface area (Å²) in [7, 11) is 0. The van der Waals surface area contributed by atoms with Gasteiger partial charge in [0.1, 0.15) is 0 Å². The molecular weight excluding hydrogens is 262 g/mol. The average molecular weight is 283 g/mol. The standard InChI is InChI=1S/C18H21NO2/c1-18(2,3)19-17(21)14-10-7-11-16(20)15(12-14)13-8-5-4-6-9-13/h4-6,8-10,12H,7,11H2,1-3H3,(H,19,21). The molecule has 0 radical (unpaired) electrons. The molecule has 3 nitrogen and oxygen atoms in total. The van der Waals surface area contributed by atoms with Crippen LogP contribution in [0.15, 0.2) is 48.1 Å². The lowest BCUT2D eigenvalue weighted by atomic mass is 9.99. The molecule has 1 aliphatic carbocycles. The summed E-state index contributed by atoms with van der Waals surface area (Å²) in [5.74, 6) is -0.0540. The Kier molecular flexibility index (Phi) is 4.41. The summed E-state index contributed by atoms with van der Waals surface area (Å²) in [5.41, 5.74) is 1.74. The topological polar surface area (TPSA) is 46.2 Å². The van der Waals surface area contributed by atoms with E-state index in [-0.39, 0.29) is 17.2 Å². The summed E-state index contributed by atoms with van der Waals surface area (Å²) >= 11 is 0. The van der Waals surface area contributed by atoms with Crippen LogP contribution in [0, 0.1) is 0 Å². The minimum atomic E-state index is -0.297. The second kappa shape index (κ2) is 6.08. The van der Waals surface area contributed by atoms with Crippen molar-refractivity contribution in [3.63, 3.8) is 0 Å². The molecule has 1 aromatic carbocycles. The van der Waals surface area contributed by atoms with E-state index in [1.165, 1.54) is 0 Å². The number of ketones is 1. The molecule has 0 fully saturated rings. The Hall–Kier alpha value is -2.16. The van der Waals surface area contributed by atoms with Crippen LogP contribution in [0.2, 0.25) is 0 Å². The molecule has 1 amide bonds. The summed E-state index contributed by atoms with van der Waals surface area (Å²) in [4.78, 5) is 24.5. The van der Waals surface area contributed by atoms with Gasteiger partial charge >= 0.3 is 0 Å². The third-order valence-corrected chi connectivity index (χ3v) is 3.17. The number of allylic oxidation sites excluding steroid dienone is 2. The molecule has 3 heteroatoms. The van der Waals surface area contributed by atoms with Crippen molar-refractivity contribution in [2.45, 2.75) is 39.2 Å². The molecule has 2 rings (SSSR count). The van der Waals surface area contributed by atoms with E-state index in [0.29, 0.717) is 24.0 Å². The number of nitrogens with one attached hydrogen (secondary N) is 1. The number of carbonyl (C=O) groups is 2. The smallest absolute Gasteiger partial charge is 0.251 e. The first-order valence-electron chi connectivity index (χ1n) is 7.20. The van der Waals surface area contributed by atoms with Gasteiger partial charge < -0.3 is 5.32 Å². The highest BCUT2D eigenvalue weighted by Crippen LogP contribution is 2.23. The van der Waals surface area contributed by atoms with Gasteiger partial charge in [0.05, 0.1) is 0 Å². The molecule has 110 valence electrons. The number of hydrogen-bond donors (Lipinski definition) is 1. The number of rotatable bonds is 2. The van der Waals surface area contributed by atoms with E-state index in [1.54, 1.807) is 6.08 Å². The van der Waals surface area contributed by atoms with Gasteiger partial charge in [-0.15, -0.1) is 0 Å². The van der Waals surface area contributed by atoms with Crippen LogP contribution in [0.4, 0.5) is 0 Å². The van der Waals surface area contributed by atoms with Gasteiger partial charge in [-0.3, -0.25) is 9.59 Å². The van der Waals surface area contributed by atoms with Crippen LogP contribution in [0.25, 0.3) is 5.57 Å². The number of Topliss-reactive ketones (excluding diaryl/α,β-unsaturated/α-hetero) is 1. The van der Waals surface area contributed by atoms with E-state index in [4.69, 9.17) is 0 Å². The van der Waals surface area contributed by atoms with Gasteiger partial charge in [0.2, 0.25) is 0 Å². The first-order valence-corrected chi connectivity index (χ1v) is 7.20.